The van der Waals surface area contributed by atoms with Crippen molar-refractivity contribution in [3.05, 3.63) is 16.7 Å². The summed E-state index contributed by atoms with van der Waals surface area (Å²) in [5.74, 6) is 0.863. The number of H-pyrrole nitrogens is 1. The molecule has 1 fully saturated rings. The lowest BCUT2D eigenvalue weighted by atomic mass is 10.4. The first-order valence-electron chi connectivity index (χ1n) is 5.36. The molecule has 0 atom stereocenters. The van der Waals surface area contributed by atoms with Gasteiger partial charge in [0.25, 0.3) is 5.56 Å². The van der Waals surface area contributed by atoms with Gasteiger partial charge in [0.2, 0.25) is 5.75 Å². The van der Waals surface area contributed by atoms with Gasteiger partial charge in [-0.25, -0.2) is 4.98 Å². The zero-order valence-electron chi connectivity index (χ0n) is 9.27. The molecule has 1 heterocycles. The van der Waals surface area contributed by atoms with Crippen LogP contribution in [0.15, 0.2) is 11.1 Å². The van der Waals surface area contributed by atoms with Crippen molar-refractivity contribution in [2.45, 2.75) is 18.9 Å². The molecule has 0 saturated heterocycles. The number of methoxy groups -OCH3 is 1. The summed E-state index contributed by atoms with van der Waals surface area (Å²) in [6.45, 7) is 1.23. The second-order valence-electron chi connectivity index (χ2n) is 3.80. The van der Waals surface area contributed by atoms with Crippen molar-refractivity contribution in [1.29, 1.82) is 0 Å². The fourth-order valence-electron chi connectivity index (χ4n) is 1.75. The van der Waals surface area contributed by atoms with Gasteiger partial charge in [-0.05, 0) is 12.8 Å². The van der Waals surface area contributed by atoms with Crippen LogP contribution in [-0.2, 0) is 0 Å². The number of aromatic nitrogens is 2. The van der Waals surface area contributed by atoms with Crippen molar-refractivity contribution < 1.29 is 4.74 Å². The highest BCUT2D eigenvalue weighted by Gasteiger charge is 2.31. The molecule has 1 aliphatic carbocycles. The zero-order valence-corrected chi connectivity index (χ0v) is 9.27. The van der Waals surface area contributed by atoms with Crippen molar-refractivity contribution in [1.82, 2.24) is 9.97 Å². The highest BCUT2D eigenvalue weighted by molar-refractivity contribution is 5.52. The second-order valence-corrected chi connectivity index (χ2v) is 3.80. The Morgan fingerprint density at radius 2 is 2.44 bits per heavy atom. The Balaban J connectivity index is 2.35. The van der Waals surface area contributed by atoms with Gasteiger partial charge in [0.1, 0.15) is 0 Å². The first kappa shape index (κ1) is 10.9. The Morgan fingerprint density at radius 1 is 1.69 bits per heavy atom. The summed E-state index contributed by atoms with van der Waals surface area (Å²) in [5, 5.41) is 0. The molecule has 3 N–H and O–H groups in total. The molecule has 6 nitrogen and oxygen atoms in total. The molecule has 0 radical (unpaired) electrons. The topological polar surface area (TPSA) is 84.2 Å². The van der Waals surface area contributed by atoms with Crippen molar-refractivity contribution in [2.75, 3.05) is 25.1 Å². The number of hydrogen-bond donors (Lipinski definition) is 2. The Hall–Kier alpha value is -1.56. The molecule has 1 aliphatic rings. The molecule has 16 heavy (non-hydrogen) atoms. The van der Waals surface area contributed by atoms with E-state index in [1.165, 1.54) is 13.4 Å². The third kappa shape index (κ3) is 2.01. The van der Waals surface area contributed by atoms with Crippen LogP contribution < -0.4 is 20.9 Å². The van der Waals surface area contributed by atoms with Crippen LogP contribution in [0.2, 0.25) is 0 Å². The van der Waals surface area contributed by atoms with Crippen LogP contribution in [0.1, 0.15) is 12.8 Å². The number of nitrogens with two attached hydrogens (primary N) is 1. The SMILES string of the molecule is COc1c(N(CCN)C2CC2)nc[nH]c1=O. The molecule has 88 valence electrons. The molecule has 6 heteroatoms. The summed E-state index contributed by atoms with van der Waals surface area (Å²) in [5.41, 5.74) is 5.31. The third-order valence-corrected chi connectivity index (χ3v) is 2.63. The Bertz CT molecular complexity index is 414. The summed E-state index contributed by atoms with van der Waals surface area (Å²) in [6.07, 6.45) is 3.64. The molecule has 0 unspecified atom stereocenters. The minimum Gasteiger partial charge on any atom is -0.489 e. The summed E-state index contributed by atoms with van der Waals surface area (Å²) in [4.78, 5) is 20.3. The Kier molecular flexibility index (Phi) is 3.09. The van der Waals surface area contributed by atoms with Crippen LogP contribution in [-0.4, -0.2) is 36.2 Å². The van der Waals surface area contributed by atoms with Crippen LogP contribution >= 0.6 is 0 Å². The maximum atomic E-state index is 11.5. The second kappa shape index (κ2) is 4.52. The van der Waals surface area contributed by atoms with E-state index in [1.807, 2.05) is 4.90 Å². The molecular formula is C10H16N4O2. The summed E-state index contributed by atoms with van der Waals surface area (Å²) >= 11 is 0. The lowest BCUT2D eigenvalue weighted by Crippen LogP contribution is -2.33. The molecule has 0 spiro atoms. The number of rotatable bonds is 5. The van der Waals surface area contributed by atoms with E-state index < -0.39 is 0 Å². The van der Waals surface area contributed by atoms with Crippen molar-refractivity contribution >= 4 is 5.82 Å². The van der Waals surface area contributed by atoms with E-state index in [2.05, 4.69) is 9.97 Å². The number of anilines is 1. The van der Waals surface area contributed by atoms with Crippen molar-refractivity contribution in [3.8, 4) is 5.75 Å². The third-order valence-electron chi connectivity index (χ3n) is 2.63. The van der Waals surface area contributed by atoms with Crippen molar-refractivity contribution in [2.24, 2.45) is 5.73 Å². The highest BCUT2D eigenvalue weighted by atomic mass is 16.5. The Labute approximate surface area is 93.4 Å². The van der Waals surface area contributed by atoms with Gasteiger partial charge in [-0.1, -0.05) is 0 Å². The molecule has 0 aromatic carbocycles. The zero-order chi connectivity index (χ0) is 11.5. The lowest BCUT2D eigenvalue weighted by Gasteiger charge is -2.23. The maximum absolute atomic E-state index is 11.5. The Morgan fingerprint density at radius 3 is 3.00 bits per heavy atom. The first-order valence-corrected chi connectivity index (χ1v) is 5.36. The van der Waals surface area contributed by atoms with E-state index in [1.54, 1.807) is 0 Å². The number of ether oxygens (including phenoxy) is 1. The van der Waals surface area contributed by atoms with E-state index in [0.717, 1.165) is 12.8 Å². The van der Waals surface area contributed by atoms with Gasteiger partial charge in [-0.2, -0.15) is 0 Å². The van der Waals surface area contributed by atoms with Gasteiger partial charge in [-0.15, -0.1) is 0 Å². The van der Waals surface area contributed by atoms with E-state index >= 15 is 0 Å². The quantitative estimate of drug-likeness (QED) is 0.717. The van der Waals surface area contributed by atoms with Gasteiger partial charge in [0, 0.05) is 19.1 Å². The van der Waals surface area contributed by atoms with Gasteiger partial charge in [0.15, 0.2) is 5.82 Å². The number of hydrogen-bond acceptors (Lipinski definition) is 5. The molecule has 0 aliphatic heterocycles. The van der Waals surface area contributed by atoms with Crippen LogP contribution in [0.25, 0.3) is 0 Å². The van der Waals surface area contributed by atoms with Crippen LogP contribution in [0, 0.1) is 0 Å². The number of nitrogens with one attached hydrogen (secondary N) is 1. The number of aromatic amines is 1. The predicted octanol–water partition coefficient (Wildman–Crippen LogP) is -0.294. The van der Waals surface area contributed by atoms with E-state index in [0.29, 0.717) is 24.9 Å². The van der Waals surface area contributed by atoms with E-state index in [9.17, 15) is 4.79 Å². The van der Waals surface area contributed by atoms with Crippen molar-refractivity contribution in [3.63, 3.8) is 0 Å². The molecule has 2 rings (SSSR count). The highest BCUT2D eigenvalue weighted by Crippen LogP contribution is 2.33. The molecule has 0 bridgehead atoms. The average molecular weight is 224 g/mol. The summed E-state index contributed by atoms with van der Waals surface area (Å²) < 4.78 is 5.09. The minimum absolute atomic E-state index is 0.254. The van der Waals surface area contributed by atoms with Crippen LogP contribution in [0.5, 0.6) is 5.75 Å². The molecule has 1 saturated carbocycles. The largest absolute Gasteiger partial charge is 0.489 e. The standard InChI is InChI=1S/C10H16N4O2/c1-16-8-9(12-6-13-10(8)15)14(5-4-11)7-2-3-7/h6-7H,2-5,11H2,1H3,(H,12,13,15). The minimum atomic E-state index is -0.254. The molecular weight excluding hydrogens is 208 g/mol. The number of nitrogens with zero attached hydrogens (tertiary/aromatic N) is 2. The molecule has 1 aromatic heterocycles. The average Bonchev–Trinajstić information content (AvgIpc) is 3.09. The fraction of sp³-hybridized carbons (Fsp3) is 0.600. The van der Waals surface area contributed by atoms with Crippen LogP contribution in [0.3, 0.4) is 0 Å². The van der Waals surface area contributed by atoms with E-state index in [4.69, 9.17) is 10.5 Å². The normalized spacial score (nSPS) is 14.9. The van der Waals surface area contributed by atoms with E-state index in [-0.39, 0.29) is 11.3 Å². The summed E-state index contributed by atoms with van der Waals surface area (Å²) in [7, 11) is 1.48. The van der Waals surface area contributed by atoms with Crippen LogP contribution in [0.4, 0.5) is 5.82 Å². The van der Waals surface area contributed by atoms with Gasteiger partial charge < -0.3 is 20.4 Å². The molecule has 1 aromatic rings. The predicted molar refractivity (Wildman–Crippen MR) is 60.8 cm³/mol. The van der Waals surface area contributed by atoms with Gasteiger partial charge >= 0.3 is 0 Å². The fourth-order valence-corrected chi connectivity index (χ4v) is 1.75. The van der Waals surface area contributed by atoms with Gasteiger partial charge in [0.05, 0.1) is 13.4 Å². The first-order chi connectivity index (χ1) is 7.77. The smallest absolute Gasteiger partial charge is 0.295 e. The monoisotopic (exact) mass is 224 g/mol. The lowest BCUT2D eigenvalue weighted by molar-refractivity contribution is 0.405. The summed E-state index contributed by atoms with van der Waals surface area (Å²) in [6, 6.07) is 0.451. The van der Waals surface area contributed by atoms with Gasteiger partial charge in [-0.3, -0.25) is 4.79 Å². The molecule has 0 amide bonds. The maximum Gasteiger partial charge on any atom is 0.295 e.